The van der Waals surface area contributed by atoms with Gasteiger partial charge in [0, 0.05) is 11.6 Å². The molecule has 0 aliphatic carbocycles. The minimum atomic E-state index is -0.915. The van der Waals surface area contributed by atoms with Crippen LogP contribution in [0.3, 0.4) is 0 Å². The molecule has 110 valence electrons. The summed E-state index contributed by atoms with van der Waals surface area (Å²) in [6, 6.07) is 12.9. The summed E-state index contributed by atoms with van der Waals surface area (Å²) in [6.07, 6.45) is 0. The lowest BCUT2D eigenvalue weighted by Crippen LogP contribution is -2.30. The Morgan fingerprint density at radius 1 is 1.29 bits per heavy atom. The van der Waals surface area contributed by atoms with Gasteiger partial charge in [-0.1, -0.05) is 35.9 Å². The molecule has 0 heterocycles. The summed E-state index contributed by atoms with van der Waals surface area (Å²) in [5, 5.41) is 9.74. The van der Waals surface area contributed by atoms with Gasteiger partial charge in [0.15, 0.2) is 0 Å². The number of hydrogen-bond donors (Lipinski definition) is 2. The van der Waals surface area contributed by atoms with Crippen molar-refractivity contribution in [3.63, 3.8) is 0 Å². The number of hydrogen-bond acceptors (Lipinski definition) is 3. The van der Waals surface area contributed by atoms with Gasteiger partial charge in [-0.2, -0.15) is 0 Å². The molecule has 0 fully saturated rings. The lowest BCUT2D eigenvalue weighted by molar-refractivity contribution is -0.135. The SMILES string of the molecule is Cc1ccc(CN(CC(=O)O)c2ccccc2N)c(Cl)c1. The van der Waals surface area contributed by atoms with E-state index in [4.69, 9.17) is 22.4 Å². The Labute approximate surface area is 128 Å². The molecule has 0 aromatic heterocycles. The number of halogens is 1. The van der Waals surface area contributed by atoms with Crippen LogP contribution in [0, 0.1) is 6.92 Å². The summed E-state index contributed by atoms with van der Waals surface area (Å²) >= 11 is 6.23. The van der Waals surface area contributed by atoms with Gasteiger partial charge in [0.1, 0.15) is 6.54 Å². The van der Waals surface area contributed by atoms with Gasteiger partial charge < -0.3 is 15.7 Å². The third-order valence-corrected chi connectivity index (χ3v) is 3.53. The molecule has 0 saturated carbocycles. The van der Waals surface area contributed by atoms with Crippen LogP contribution in [0.4, 0.5) is 11.4 Å². The highest BCUT2D eigenvalue weighted by molar-refractivity contribution is 6.31. The van der Waals surface area contributed by atoms with Gasteiger partial charge in [0.2, 0.25) is 0 Å². The Bertz CT molecular complexity index is 658. The van der Waals surface area contributed by atoms with E-state index in [0.717, 1.165) is 11.1 Å². The van der Waals surface area contributed by atoms with Crippen LogP contribution in [0.2, 0.25) is 5.02 Å². The molecule has 0 radical (unpaired) electrons. The molecule has 0 saturated heterocycles. The summed E-state index contributed by atoms with van der Waals surface area (Å²) in [4.78, 5) is 12.8. The Hall–Kier alpha value is -2.20. The average molecular weight is 305 g/mol. The van der Waals surface area contributed by atoms with E-state index < -0.39 is 5.97 Å². The summed E-state index contributed by atoms with van der Waals surface area (Å²) in [5.74, 6) is -0.915. The number of anilines is 2. The van der Waals surface area contributed by atoms with Gasteiger partial charge in [-0.25, -0.2) is 0 Å². The normalized spacial score (nSPS) is 10.4. The van der Waals surface area contributed by atoms with Crippen LogP contribution in [0.5, 0.6) is 0 Å². The second-order valence-electron chi connectivity index (χ2n) is 4.90. The van der Waals surface area contributed by atoms with E-state index in [-0.39, 0.29) is 6.54 Å². The molecule has 5 heteroatoms. The van der Waals surface area contributed by atoms with E-state index in [1.165, 1.54) is 0 Å². The minimum absolute atomic E-state index is 0.140. The van der Waals surface area contributed by atoms with Crippen LogP contribution in [0.25, 0.3) is 0 Å². The predicted octanol–water partition coefficient (Wildman–Crippen LogP) is 3.32. The van der Waals surface area contributed by atoms with Crippen molar-refractivity contribution < 1.29 is 9.90 Å². The van der Waals surface area contributed by atoms with E-state index in [1.54, 1.807) is 17.0 Å². The smallest absolute Gasteiger partial charge is 0.323 e. The standard InChI is InChI=1S/C16H17ClN2O2/c1-11-6-7-12(13(17)8-11)9-19(10-16(20)21)15-5-3-2-4-14(15)18/h2-8H,9-10,18H2,1H3,(H,20,21). The van der Waals surface area contributed by atoms with E-state index in [0.29, 0.717) is 22.9 Å². The molecule has 0 amide bonds. The van der Waals surface area contributed by atoms with Crippen molar-refractivity contribution in [2.75, 3.05) is 17.2 Å². The number of nitrogens with two attached hydrogens (primary N) is 1. The van der Waals surface area contributed by atoms with Crippen LogP contribution in [0.15, 0.2) is 42.5 Å². The molecule has 2 aromatic rings. The molecule has 0 aliphatic heterocycles. The molecular formula is C16H17ClN2O2. The van der Waals surface area contributed by atoms with E-state index in [2.05, 4.69) is 0 Å². The van der Waals surface area contributed by atoms with E-state index in [1.807, 2.05) is 37.3 Å². The zero-order chi connectivity index (χ0) is 15.4. The number of carbonyl (C=O) groups is 1. The van der Waals surface area contributed by atoms with Gasteiger partial charge >= 0.3 is 5.97 Å². The summed E-state index contributed by atoms with van der Waals surface area (Å²) in [6.45, 7) is 2.21. The van der Waals surface area contributed by atoms with Gasteiger partial charge in [0.05, 0.1) is 11.4 Å². The largest absolute Gasteiger partial charge is 0.480 e. The van der Waals surface area contributed by atoms with Crippen LogP contribution >= 0.6 is 11.6 Å². The number of nitrogen functional groups attached to an aromatic ring is 1. The third kappa shape index (κ3) is 3.89. The molecule has 4 nitrogen and oxygen atoms in total. The van der Waals surface area contributed by atoms with Crippen molar-refractivity contribution in [3.05, 3.63) is 58.6 Å². The van der Waals surface area contributed by atoms with Crippen molar-refractivity contribution in [3.8, 4) is 0 Å². The number of aryl methyl sites for hydroxylation is 1. The number of rotatable bonds is 5. The Morgan fingerprint density at radius 2 is 2.00 bits per heavy atom. The van der Waals surface area contributed by atoms with Crippen LogP contribution in [-0.2, 0) is 11.3 Å². The Balaban J connectivity index is 2.33. The fourth-order valence-electron chi connectivity index (χ4n) is 2.15. The lowest BCUT2D eigenvalue weighted by Gasteiger charge is -2.25. The molecule has 2 aromatic carbocycles. The fraction of sp³-hybridized carbons (Fsp3) is 0.188. The lowest BCUT2D eigenvalue weighted by atomic mass is 10.1. The number of carboxylic acids is 1. The fourth-order valence-corrected chi connectivity index (χ4v) is 2.45. The van der Waals surface area contributed by atoms with Gasteiger partial charge in [-0.05, 0) is 36.2 Å². The number of benzene rings is 2. The summed E-state index contributed by atoms with van der Waals surface area (Å²) in [5.41, 5.74) is 9.11. The van der Waals surface area contributed by atoms with Crippen LogP contribution < -0.4 is 10.6 Å². The van der Waals surface area contributed by atoms with E-state index in [9.17, 15) is 4.79 Å². The second kappa shape index (κ2) is 6.50. The van der Waals surface area contributed by atoms with Gasteiger partial charge in [-0.15, -0.1) is 0 Å². The van der Waals surface area contributed by atoms with Gasteiger partial charge in [-0.3, -0.25) is 4.79 Å². The number of nitrogens with zero attached hydrogens (tertiary/aromatic N) is 1. The molecule has 21 heavy (non-hydrogen) atoms. The average Bonchev–Trinajstić information content (AvgIpc) is 2.41. The van der Waals surface area contributed by atoms with Crippen LogP contribution in [0.1, 0.15) is 11.1 Å². The minimum Gasteiger partial charge on any atom is -0.480 e. The Morgan fingerprint density at radius 3 is 2.62 bits per heavy atom. The predicted molar refractivity (Wildman–Crippen MR) is 85.7 cm³/mol. The quantitative estimate of drug-likeness (QED) is 0.832. The van der Waals surface area contributed by atoms with Crippen molar-refractivity contribution in [1.82, 2.24) is 0 Å². The number of para-hydroxylation sites is 2. The molecular weight excluding hydrogens is 288 g/mol. The van der Waals surface area contributed by atoms with Crippen molar-refractivity contribution in [2.45, 2.75) is 13.5 Å². The van der Waals surface area contributed by atoms with Crippen molar-refractivity contribution in [2.24, 2.45) is 0 Å². The number of carboxylic acid groups (broad SMARTS) is 1. The van der Waals surface area contributed by atoms with Crippen LogP contribution in [-0.4, -0.2) is 17.6 Å². The van der Waals surface area contributed by atoms with Gasteiger partial charge in [0.25, 0.3) is 0 Å². The Kier molecular flexibility index (Phi) is 4.70. The first-order valence-electron chi connectivity index (χ1n) is 6.53. The third-order valence-electron chi connectivity index (χ3n) is 3.17. The molecule has 0 atom stereocenters. The molecule has 3 N–H and O–H groups in total. The summed E-state index contributed by atoms with van der Waals surface area (Å²) in [7, 11) is 0. The monoisotopic (exact) mass is 304 g/mol. The maximum atomic E-state index is 11.1. The first-order valence-corrected chi connectivity index (χ1v) is 6.91. The zero-order valence-electron chi connectivity index (χ0n) is 11.7. The first kappa shape index (κ1) is 15.2. The molecule has 0 aliphatic rings. The zero-order valence-corrected chi connectivity index (χ0v) is 12.5. The molecule has 0 spiro atoms. The first-order chi connectivity index (χ1) is 9.97. The topological polar surface area (TPSA) is 66.6 Å². The molecule has 0 bridgehead atoms. The maximum absolute atomic E-state index is 11.1. The molecule has 2 rings (SSSR count). The second-order valence-corrected chi connectivity index (χ2v) is 5.31. The number of aliphatic carboxylic acids is 1. The highest BCUT2D eigenvalue weighted by Crippen LogP contribution is 2.26. The van der Waals surface area contributed by atoms with Crippen molar-refractivity contribution >= 4 is 28.9 Å². The summed E-state index contributed by atoms with van der Waals surface area (Å²) < 4.78 is 0. The molecule has 0 unspecified atom stereocenters. The van der Waals surface area contributed by atoms with E-state index >= 15 is 0 Å². The highest BCUT2D eigenvalue weighted by Gasteiger charge is 2.15. The highest BCUT2D eigenvalue weighted by atomic mass is 35.5. The van der Waals surface area contributed by atoms with Crippen molar-refractivity contribution in [1.29, 1.82) is 0 Å². The maximum Gasteiger partial charge on any atom is 0.323 e.